The third kappa shape index (κ3) is 51.1. The summed E-state index contributed by atoms with van der Waals surface area (Å²) in [4.78, 5) is 37.7. The van der Waals surface area contributed by atoms with Crippen LogP contribution in [0.15, 0.2) is 109 Å². The van der Waals surface area contributed by atoms with Crippen LogP contribution in [0.1, 0.15) is 233 Å². The molecule has 0 saturated carbocycles. The van der Waals surface area contributed by atoms with E-state index in [0.717, 1.165) is 96.3 Å². The van der Waals surface area contributed by atoms with Crippen LogP contribution in [-0.4, -0.2) is 37.2 Å². The molecule has 0 heterocycles. The molecule has 0 aliphatic rings. The Morgan fingerprint density at radius 3 is 1.00 bits per heavy atom. The number of carbonyl (C=O) groups is 3. The van der Waals surface area contributed by atoms with E-state index in [1.165, 1.54) is 96.3 Å². The molecular formula is C60H98O6. The van der Waals surface area contributed by atoms with Crippen molar-refractivity contribution < 1.29 is 28.6 Å². The lowest BCUT2D eigenvalue weighted by Gasteiger charge is -2.18. The fourth-order valence-corrected chi connectivity index (χ4v) is 7.10. The van der Waals surface area contributed by atoms with E-state index >= 15 is 0 Å². The van der Waals surface area contributed by atoms with Crippen molar-refractivity contribution in [3.05, 3.63) is 109 Å². The van der Waals surface area contributed by atoms with Gasteiger partial charge in [0.15, 0.2) is 6.10 Å². The molecule has 6 heteroatoms. The Bertz CT molecular complexity index is 1370. The van der Waals surface area contributed by atoms with Gasteiger partial charge < -0.3 is 14.2 Å². The van der Waals surface area contributed by atoms with Gasteiger partial charge in [0.2, 0.25) is 0 Å². The first kappa shape index (κ1) is 62.1. The van der Waals surface area contributed by atoms with Gasteiger partial charge in [0.05, 0.1) is 6.42 Å². The minimum absolute atomic E-state index is 0.0955. The van der Waals surface area contributed by atoms with Gasteiger partial charge in [-0.25, -0.2) is 0 Å². The van der Waals surface area contributed by atoms with Crippen LogP contribution in [0, 0.1) is 0 Å². The van der Waals surface area contributed by atoms with E-state index in [1.807, 2.05) is 6.08 Å². The molecule has 66 heavy (non-hydrogen) atoms. The lowest BCUT2D eigenvalue weighted by atomic mass is 10.0. The Morgan fingerprint density at radius 1 is 0.333 bits per heavy atom. The van der Waals surface area contributed by atoms with Crippen LogP contribution in [0.25, 0.3) is 0 Å². The quantitative estimate of drug-likeness (QED) is 0.0262. The summed E-state index contributed by atoms with van der Waals surface area (Å²) >= 11 is 0. The summed E-state index contributed by atoms with van der Waals surface area (Å²) in [5, 5.41) is 0. The highest BCUT2D eigenvalue weighted by atomic mass is 16.6. The molecule has 0 aromatic rings. The number of unbranched alkanes of at least 4 members (excludes halogenated alkanes) is 19. The summed E-state index contributed by atoms with van der Waals surface area (Å²) < 4.78 is 16.6. The number of carbonyl (C=O) groups excluding carboxylic acids is 3. The summed E-state index contributed by atoms with van der Waals surface area (Å²) in [6, 6.07) is 0. The first-order valence-electron chi connectivity index (χ1n) is 26.9. The molecule has 0 aromatic heterocycles. The van der Waals surface area contributed by atoms with E-state index in [1.54, 1.807) is 6.08 Å². The number of hydrogen-bond acceptors (Lipinski definition) is 6. The monoisotopic (exact) mass is 915 g/mol. The summed E-state index contributed by atoms with van der Waals surface area (Å²) in [6.07, 6.45) is 72.9. The molecule has 0 fully saturated rings. The van der Waals surface area contributed by atoms with E-state index in [4.69, 9.17) is 14.2 Å². The summed E-state index contributed by atoms with van der Waals surface area (Å²) in [7, 11) is 0. The molecule has 0 spiro atoms. The van der Waals surface area contributed by atoms with Gasteiger partial charge in [-0.1, -0.05) is 239 Å². The third-order valence-electron chi connectivity index (χ3n) is 11.1. The molecule has 0 saturated heterocycles. The molecule has 0 bridgehead atoms. The Labute approximate surface area is 406 Å². The zero-order valence-corrected chi connectivity index (χ0v) is 42.7. The van der Waals surface area contributed by atoms with Crippen LogP contribution in [0.5, 0.6) is 0 Å². The fourth-order valence-electron chi connectivity index (χ4n) is 7.10. The summed E-state index contributed by atoms with van der Waals surface area (Å²) in [6.45, 7) is 6.26. The van der Waals surface area contributed by atoms with Crippen LogP contribution in [0.3, 0.4) is 0 Å². The molecule has 0 radical (unpaired) electrons. The zero-order valence-electron chi connectivity index (χ0n) is 42.7. The van der Waals surface area contributed by atoms with Crippen LogP contribution in [0.4, 0.5) is 0 Å². The van der Waals surface area contributed by atoms with Gasteiger partial charge in [-0.05, 0) is 83.5 Å². The molecule has 0 aromatic carbocycles. The van der Waals surface area contributed by atoms with Crippen LogP contribution < -0.4 is 0 Å². The molecule has 0 rings (SSSR count). The topological polar surface area (TPSA) is 78.9 Å². The molecule has 0 N–H and O–H groups in total. The number of esters is 3. The molecule has 374 valence electrons. The molecule has 6 nitrogen and oxygen atoms in total. The maximum absolute atomic E-state index is 12.7. The normalized spacial score (nSPS) is 13.0. The standard InChI is InChI=1S/C60H98O6/c1-4-7-10-13-16-18-20-22-24-25-26-27-28-29-30-31-32-33-34-35-37-38-40-42-44-47-50-53-59(62)65-56-57(55-64-58(61)52-49-46-15-12-9-6-3)66-60(63)54-51-48-45-43-41-39-36-23-21-19-17-14-11-8-5-2/h7-8,10-11,16-19,22-24,26-27,36,41,43,48,51,57H,4-6,9,12-15,20-21,25,28-35,37-40,42,44-47,49-50,52-56H2,1-3H3/b10-7-,11-8-,18-16-,19-17-,24-22-,27-26-,36-23-,43-41-,51-48-. The van der Waals surface area contributed by atoms with E-state index in [2.05, 4.69) is 118 Å². The van der Waals surface area contributed by atoms with Gasteiger partial charge in [0.25, 0.3) is 0 Å². The molecule has 0 aliphatic heterocycles. The summed E-state index contributed by atoms with van der Waals surface area (Å²) in [5.74, 6) is -1.06. The van der Waals surface area contributed by atoms with Crippen molar-refractivity contribution in [1.29, 1.82) is 0 Å². The number of ether oxygens (including phenoxy) is 3. The van der Waals surface area contributed by atoms with Crippen LogP contribution >= 0.6 is 0 Å². The zero-order chi connectivity index (χ0) is 47.9. The average molecular weight is 915 g/mol. The van der Waals surface area contributed by atoms with E-state index in [9.17, 15) is 14.4 Å². The maximum Gasteiger partial charge on any atom is 0.310 e. The van der Waals surface area contributed by atoms with Crippen LogP contribution in [-0.2, 0) is 28.6 Å². The molecule has 0 aliphatic carbocycles. The average Bonchev–Trinajstić information content (AvgIpc) is 3.31. The van der Waals surface area contributed by atoms with Gasteiger partial charge in [0, 0.05) is 12.8 Å². The second kappa shape index (κ2) is 53.7. The highest BCUT2D eigenvalue weighted by Gasteiger charge is 2.19. The minimum atomic E-state index is -0.829. The van der Waals surface area contributed by atoms with E-state index < -0.39 is 12.1 Å². The lowest BCUT2D eigenvalue weighted by Crippen LogP contribution is -2.30. The second-order valence-corrected chi connectivity index (χ2v) is 17.4. The molecule has 1 atom stereocenters. The predicted molar refractivity (Wildman–Crippen MR) is 283 cm³/mol. The third-order valence-corrected chi connectivity index (χ3v) is 11.1. The molecule has 0 amide bonds. The minimum Gasteiger partial charge on any atom is -0.462 e. The Kier molecular flexibility index (Phi) is 50.5. The molecular weight excluding hydrogens is 817 g/mol. The Balaban J connectivity index is 4.18. The van der Waals surface area contributed by atoms with E-state index in [-0.39, 0.29) is 31.6 Å². The highest BCUT2D eigenvalue weighted by molar-refractivity contribution is 5.72. The smallest absolute Gasteiger partial charge is 0.310 e. The predicted octanol–water partition coefficient (Wildman–Crippen LogP) is 17.9. The first-order chi connectivity index (χ1) is 32.5. The van der Waals surface area contributed by atoms with Gasteiger partial charge in [-0.15, -0.1) is 0 Å². The Hall–Kier alpha value is -3.93. The lowest BCUT2D eigenvalue weighted by molar-refractivity contribution is -0.166. The van der Waals surface area contributed by atoms with Crippen molar-refractivity contribution >= 4 is 17.9 Å². The van der Waals surface area contributed by atoms with E-state index in [0.29, 0.717) is 12.8 Å². The Morgan fingerprint density at radius 2 is 0.636 bits per heavy atom. The second-order valence-electron chi connectivity index (χ2n) is 17.4. The van der Waals surface area contributed by atoms with Gasteiger partial charge in [-0.2, -0.15) is 0 Å². The fraction of sp³-hybridized carbons (Fsp3) is 0.650. The number of hydrogen-bond donors (Lipinski definition) is 0. The van der Waals surface area contributed by atoms with Crippen molar-refractivity contribution in [2.24, 2.45) is 0 Å². The summed E-state index contributed by atoms with van der Waals surface area (Å²) in [5.41, 5.74) is 0. The SMILES string of the molecule is CC/C=C\C/C=C\C/C=C\C/C=C\C/C=C\CC(=O)OC(COC(=O)CCCCCCCC)COC(=O)CCCCCCCCCCCCCCCC/C=C\C/C=C\C/C=C\C/C=C\CC. The van der Waals surface area contributed by atoms with Crippen molar-refractivity contribution in [3.63, 3.8) is 0 Å². The maximum atomic E-state index is 12.7. The van der Waals surface area contributed by atoms with Gasteiger partial charge in [0.1, 0.15) is 13.2 Å². The van der Waals surface area contributed by atoms with Crippen molar-refractivity contribution in [1.82, 2.24) is 0 Å². The van der Waals surface area contributed by atoms with Crippen LogP contribution in [0.2, 0.25) is 0 Å². The highest BCUT2D eigenvalue weighted by Crippen LogP contribution is 2.15. The van der Waals surface area contributed by atoms with Crippen molar-refractivity contribution in [3.8, 4) is 0 Å². The van der Waals surface area contributed by atoms with Gasteiger partial charge >= 0.3 is 17.9 Å². The van der Waals surface area contributed by atoms with Gasteiger partial charge in [-0.3, -0.25) is 14.4 Å². The largest absolute Gasteiger partial charge is 0.462 e. The first-order valence-corrected chi connectivity index (χ1v) is 26.9. The van der Waals surface area contributed by atoms with Crippen molar-refractivity contribution in [2.45, 2.75) is 239 Å². The number of allylic oxidation sites excluding steroid dienone is 17. The molecule has 1 unspecified atom stereocenters. The number of rotatable bonds is 47. The van der Waals surface area contributed by atoms with Crippen molar-refractivity contribution in [2.75, 3.05) is 13.2 Å².